The summed E-state index contributed by atoms with van der Waals surface area (Å²) in [5.41, 5.74) is 0. The predicted molar refractivity (Wildman–Crippen MR) is 263 cm³/mol. The van der Waals surface area contributed by atoms with Crippen molar-refractivity contribution in [2.24, 2.45) is 0 Å². The van der Waals surface area contributed by atoms with Gasteiger partial charge in [-0.15, -0.1) is 0 Å². The van der Waals surface area contributed by atoms with E-state index in [0.29, 0.717) is 23.9 Å². The van der Waals surface area contributed by atoms with E-state index >= 15 is 0 Å². The Morgan fingerprint density at radius 2 is 0.905 bits per heavy atom. The lowest BCUT2D eigenvalue weighted by Gasteiger charge is -2.28. The third kappa shape index (κ3) is 48.2. The fourth-order valence-corrected chi connectivity index (χ4v) is 6.77. The van der Waals surface area contributed by atoms with Crippen LogP contribution in [0.15, 0.2) is 97.2 Å². The van der Waals surface area contributed by atoms with E-state index in [1.54, 1.807) is 0 Å². The first-order chi connectivity index (χ1) is 30.5. The molecular weight excluding hydrogens is 810 g/mol. The first kappa shape index (κ1) is 59.9. The molecule has 0 aliphatic carbocycles. The fraction of sp³-hybridized carbons (Fsp3) is 0.660. The van der Waals surface area contributed by atoms with Gasteiger partial charge < -0.3 is 27.9 Å². The standard InChI is InChI=1S/C53H90NO8P/c1-6-8-10-12-14-16-18-20-21-22-23-24-25-26-27-28-29-30-31-32-33-34-36-38-40-42-44-46-53(56)62-51(50-61-63(57,58)60-48-47-54(3,4)5)49-59-52(55)45-43-41-39-37-35-19-17-15-13-11-9-7-2/h8,10,14-17,20-21,23-24,26-27,29-30,32-33,51H,6-7,9,11-13,18-19,22,25,28,31,34-50H2,1-5H3/b10-8-,16-14-,17-15-,21-20-,24-23-,27-26-,30-29-,33-32-. The van der Waals surface area contributed by atoms with E-state index in [1.807, 2.05) is 21.1 Å². The van der Waals surface area contributed by atoms with E-state index in [2.05, 4.69) is 111 Å². The molecule has 63 heavy (non-hydrogen) atoms. The number of nitrogens with zero attached hydrogens (tertiary/aromatic N) is 1. The quantitative estimate of drug-likeness (QED) is 0.0196. The molecule has 0 aliphatic rings. The van der Waals surface area contributed by atoms with E-state index in [-0.39, 0.29) is 26.1 Å². The highest BCUT2D eigenvalue weighted by Crippen LogP contribution is 2.38. The summed E-state index contributed by atoms with van der Waals surface area (Å²) in [4.78, 5) is 37.6. The molecule has 0 aromatic rings. The monoisotopic (exact) mass is 900 g/mol. The van der Waals surface area contributed by atoms with Crippen LogP contribution in [-0.2, 0) is 32.7 Å². The van der Waals surface area contributed by atoms with E-state index in [0.717, 1.165) is 116 Å². The van der Waals surface area contributed by atoms with Crippen molar-refractivity contribution in [3.8, 4) is 0 Å². The minimum atomic E-state index is -4.64. The molecule has 0 spiro atoms. The summed E-state index contributed by atoms with van der Waals surface area (Å²) in [6.45, 7) is 4.03. The topological polar surface area (TPSA) is 111 Å². The number of rotatable bonds is 43. The maximum atomic E-state index is 12.7. The highest BCUT2D eigenvalue weighted by atomic mass is 31.2. The summed E-state index contributed by atoms with van der Waals surface area (Å²) in [5, 5.41) is 0. The highest BCUT2D eigenvalue weighted by molar-refractivity contribution is 7.45. The largest absolute Gasteiger partial charge is 0.756 e. The van der Waals surface area contributed by atoms with Gasteiger partial charge in [-0.25, -0.2) is 0 Å². The van der Waals surface area contributed by atoms with Gasteiger partial charge in [0, 0.05) is 12.8 Å². The molecule has 360 valence electrons. The van der Waals surface area contributed by atoms with Crippen LogP contribution in [0.1, 0.15) is 174 Å². The molecule has 0 aliphatic heterocycles. The van der Waals surface area contributed by atoms with Gasteiger partial charge in [0.1, 0.15) is 19.8 Å². The molecule has 0 aromatic heterocycles. The number of phosphoric acid groups is 1. The summed E-state index contributed by atoms with van der Waals surface area (Å²) in [5.74, 6) is -0.876. The van der Waals surface area contributed by atoms with Gasteiger partial charge in [0.2, 0.25) is 0 Å². The Bertz CT molecular complexity index is 1390. The summed E-state index contributed by atoms with van der Waals surface area (Å²) in [6, 6.07) is 0. The van der Waals surface area contributed by atoms with Crippen LogP contribution in [0.25, 0.3) is 0 Å². The van der Waals surface area contributed by atoms with Gasteiger partial charge in [-0.2, -0.15) is 0 Å². The fourth-order valence-electron chi connectivity index (χ4n) is 6.04. The highest BCUT2D eigenvalue weighted by Gasteiger charge is 2.21. The molecule has 10 heteroatoms. The molecule has 0 saturated carbocycles. The minimum absolute atomic E-state index is 0.0416. The number of carbonyl (C=O) groups is 2. The summed E-state index contributed by atoms with van der Waals surface area (Å²) >= 11 is 0. The zero-order valence-corrected chi connectivity index (χ0v) is 41.4. The predicted octanol–water partition coefficient (Wildman–Crippen LogP) is 13.9. The van der Waals surface area contributed by atoms with E-state index < -0.39 is 32.5 Å². The smallest absolute Gasteiger partial charge is 0.306 e. The van der Waals surface area contributed by atoms with Gasteiger partial charge in [-0.05, 0) is 96.3 Å². The third-order valence-corrected chi connectivity index (χ3v) is 10.8. The Balaban J connectivity index is 4.32. The number of quaternary nitrogens is 1. The molecule has 0 fully saturated rings. The Morgan fingerprint density at radius 1 is 0.508 bits per heavy atom. The molecule has 9 nitrogen and oxygen atoms in total. The van der Waals surface area contributed by atoms with Gasteiger partial charge in [0.25, 0.3) is 7.82 Å². The van der Waals surface area contributed by atoms with Crippen LogP contribution in [0.3, 0.4) is 0 Å². The second-order valence-corrected chi connectivity index (χ2v) is 18.5. The first-order valence-corrected chi connectivity index (χ1v) is 25.9. The van der Waals surface area contributed by atoms with Crippen LogP contribution >= 0.6 is 7.82 Å². The third-order valence-electron chi connectivity index (χ3n) is 9.84. The van der Waals surface area contributed by atoms with Crippen molar-refractivity contribution in [2.45, 2.75) is 180 Å². The molecule has 0 aromatic carbocycles. The van der Waals surface area contributed by atoms with Gasteiger partial charge in [0.15, 0.2) is 6.10 Å². The van der Waals surface area contributed by atoms with E-state index in [9.17, 15) is 19.0 Å². The van der Waals surface area contributed by atoms with Gasteiger partial charge in [0.05, 0.1) is 27.7 Å². The molecule has 2 atom stereocenters. The van der Waals surface area contributed by atoms with Crippen molar-refractivity contribution >= 4 is 19.8 Å². The maximum absolute atomic E-state index is 12.7. The lowest BCUT2D eigenvalue weighted by atomic mass is 10.1. The lowest BCUT2D eigenvalue weighted by molar-refractivity contribution is -0.870. The Hall–Kier alpha value is -3.07. The average Bonchev–Trinajstić information content (AvgIpc) is 3.24. The van der Waals surface area contributed by atoms with Crippen molar-refractivity contribution in [3.05, 3.63) is 97.2 Å². The molecule has 0 rings (SSSR count). The van der Waals surface area contributed by atoms with Crippen molar-refractivity contribution in [3.63, 3.8) is 0 Å². The average molecular weight is 900 g/mol. The van der Waals surface area contributed by atoms with Crippen molar-refractivity contribution < 1.29 is 42.1 Å². The van der Waals surface area contributed by atoms with Gasteiger partial charge in [-0.3, -0.25) is 14.2 Å². The SMILES string of the molecule is CC/C=C\C/C=C\C/C=C\C/C=C\C/C=C\C/C=C\C/C=C\CCCCCCCC(=O)OC(COC(=O)CCCCCCC/C=C\CCCCC)COP(=O)([O-])OCC[N+](C)(C)C. The van der Waals surface area contributed by atoms with E-state index in [4.69, 9.17) is 18.5 Å². The normalized spacial score (nSPS) is 14.3. The maximum Gasteiger partial charge on any atom is 0.306 e. The Labute approximate surface area is 385 Å². The zero-order valence-electron chi connectivity index (χ0n) is 40.5. The van der Waals surface area contributed by atoms with Crippen molar-refractivity contribution in [1.82, 2.24) is 0 Å². The van der Waals surface area contributed by atoms with Crippen LogP contribution < -0.4 is 4.89 Å². The summed E-state index contributed by atoms with van der Waals surface area (Å²) < 4.78 is 33.9. The molecule has 0 radical (unpaired) electrons. The lowest BCUT2D eigenvalue weighted by Crippen LogP contribution is -2.37. The van der Waals surface area contributed by atoms with Crippen LogP contribution in [0.2, 0.25) is 0 Å². The van der Waals surface area contributed by atoms with Crippen LogP contribution in [0, 0.1) is 0 Å². The second kappa shape index (κ2) is 44.1. The van der Waals surface area contributed by atoms with E-state index in [1.165, 1.54) is 19.3 Å². The molecule has 2 unspecified atom stereocenters. The van der Waals surface area contributed by atoms with Crippen molar-refractivity contribution in [1.29, 1.82) is 0 Å². The minimum Gasteiger partial charge on any atom is -0.756 e. The van der Waals surface area contributed by atoms with Crippen LogP contribution in [-0.4, -0.2) is 70.0 Å². The number of ether oxygens (including phenoxy) is 2. The number of hydrogen-bond donors (Lipinski definition) is 0. The number of esters is 2. The Morgan fingerprint density at radius 3 is 1.37 bits per heavy atom. The number of unbranched alkanes of at least 4 members (excludes halogenated alkanes) is 13. The molecule has 0 amide bonds. The molecule has 0 heterocycles. The number of carbonyl (C=O) groups excluding carboxylic acids is 2. The number of phosphoric ester groups is 1. The summed E-state index contributed by atoms with van der Waals surface area (Å²) in [6.07, 6.45) is 58.7. The first-order valence-electron chi connectivity index (χ1n) is 24.4. The molecule has 0 bridgehead atoms. The molecular formula is C53H90NO8P. The van der Waals surface area contributed by atoms with Crippen LogP contribution in [0.5, 0.6) is 0 Å². The van der Waals surface area contributed by atoms with Crippen molar-refractivity contribution in [2.75, 3.05) is 47.5 Å². The molecule has 0 saturated heterocycles. The zero-order chi connectivity index (χ0) is 46.4. The van der Waals surface area contributed by atoms with Crippen LogP contribution in [0.4, 0.5) is 0 Å². The summed E-state index contributed by atoms with van der Waals surface area (Å²) in [7, 11) is 1.13. The van der Waals surface area contributed by atoms with Gasteiger partial charge >= 0.3 is 11.9 Å². The number of allylic oxidation sites excluding steroid dienone is 16. The number of likely N-dealkylation sites (N-methyl/N-ethyl adjacent to an activating group) is 1. The number of hydrogen-bond acceptors (Lipinski definition) is 8. The Kier molecular flexibility index (Phi) is 42.0. The molecule has 0 N–H and O–H groups in total. The van der Waals surface area contributed by atoms with Gasteiger partial charge in [-0.1, -0.05) is 162 Å². The second-order valence-electron chi connectivity index (χ2n) is 17.1.